The van der Waals surface area contributed by atoms with Crippen molar-refractivity contribution < 1.29 is 14.1 Å². The van der Waals surface area contributed by atoms with Gasteiger partial charge in [0.15, 0.2) is 0 Å². The van der Waals surface area contributed by atoms with Gasteiger partial charge >= 0.3 is 0 Å². The fraction of sp³-hybridized carbons (Fsp3) is 0.276. The number of hydrogen-bond acceptors (Lipinski definition) is 4. The number of pyridine rings is 2. The van der Waals surface area contributed by atoms with E-state index in [1.807, 2.05) is 30.3 Å². The summed E-state index contributed by atoms with van der Waals surface area (Å²) in [5.74, 6) is 0.853. The number of para-hydroxylation sites is 1. The highest BCUT2D eigenvalue weighted by Gasteiger charge is 2.14. The zero-order valence-electron chi connectivity index (χ0n) is 20.5. The van der Waals surface area contributed by atoms with Crippen LogP contribution in [-0.4, -0.2) is 31.1 Å². The lowest BCUT2D eigenvalue weighted by Crippen LogP contribution is -2.38. The first kappa shape index (κ1) is 25.6. The van der Waals surface area contributed by atoms with E-state index in [-0.39, 0.29) is 5.91 Å². The average Bonchev–Trinajstić information content (AvgIpc) is 2.90. The molecule has 0 atom stereocenters. The normalized spacial score (nSPS) is 11.4. The van der Waals surface area contributed by atoms with Gasteiger partial charge in [0.2, 0.25) is 17.1 Å². The van der Waals surface area contributed by atoms with E-state index in [1.165, 1.54) is 10.9 Å². The van der Waals surface area contributed by atoms with Gasteiger partial charge in [-0.1, -0.05) is 23.7 Å². The third-order valence-corrected chi connectivity index (χ3v) is 6.46. The van der Waals surface area contributed by atoms with Crippen molar-refractivity contribution in [3.63, 3.8) is 0 Å². The molecule has 186 valence electrons. The van der Waals surface area contributed by atoms with Crippen LogP contribution in [0.5, 0.6) is 5.75 Å². The Hall–Kier alpha value is -3.48. The van der Waals surface area contributed by atoms with Crippen molar-refractivity contribution in [1.82, 2.24) is 10.3 Å². The van der Waals surface area contributed by atoms with Gasteiger partial charge in [0.25, 0.3) is 0 Å². The van der Waals surface area contributed by atoms with Crippen LogP contribution in [0.25, 0.3) is 34.0 Å². The SMILES string of the molecule is COc1ccc2nc(Cl)c(/C=C/c3ccc4ccccc4[n+]3CCCCCC(=O)NCCN)cc2c1. The van der Waals surface area contributed by atoms with Crippen molar-refractivity contribution >= 4 is 51.5 Å². The first-order valence-electron chi connectivity index (χ1n) is 12.3. The quantitative estimate of drug-likeness (QED) is 0.169. The van der Waals surface area contributed by atoms with Gasteiger partial charge in [0.05, 0.1) is 12.6 Å². The predicted octanol–water partition coefficient (Wildman–Crippen LogP) is 5.14. The highest BCUT2D eigenvalue weighted by molar-refractivity contribution is 6.31. The molecule has 1 amide bonds. The molecular formula is C29H32ClN4O2+. The molecule has 0 saturated carbocycles. The molecular weight excluding hydrogens is 472 g/mol. The number of amides is 1. The Bertz CT molecular complexity index is 1390. The van der Waals surface area contributed by atoms with Crippen LogP contribution in [0.4, 0.5) is 0 Å². The summed E-state index contributed by atoms with van der Waals surface area (Å²) in [6.45, 7) is 1.85. The van der Waals surface area contributed by atoms with Crippen LogP contribution in [0.15, 0.2) is 60.7 Å². The first-order chi connectivity index (χ1) is 17.6. The molecule has 0 radical (unpaired) electrons. The summed E-state index contributed by atoms with van der Waals surface area (Å²) in [5.41, 5.74) is 9.38. The maximum atomic E-state index is 11.8. The molecule has 3 N–H and O–H groups in total. The molecule has 0 aliphatic carbocycles. The number of ether oxygens (including phenoxy) is 1. The van der Waals surface area contributed by atoms with Crippen molar-refractivity contribution in [2.45, 2.75) is 32.2 Å². The van der Waals surface area contributed by atoms with Crippen LogP contribution < -0.4 is 20.4 Å². The predicted molar refractivity (Wildman–Crippen MR) is 147 cm³/mol. The Morgan fingerprint density at radius 2 is 1.92 bits per heavy atom. The van der Waals surface area contributed by atoms with Crippen molar-refractivity contribution in [3.8, 4) is 5.75 Å². The fourth-order valence-electron chi connectivity index (χ4n) is 4.27. The molecule has 6 nitrogen and oxygen atoms in total. The van der Waals surface area contributed by atoms with Gasteiger partial charge in [0.1, 0.15) is 17.4 Å². The minimum Gasteiger partial charge on any atom is -0.497 e. The lowest BCUT2D eigenvalue weighted by molar-refractivity contribution is -0.673. The number of aromatic nitrogens is 2. The van der Waals surface area contributed by atoms with Crippen LogP contribution in [0, 0.1) is 0 Å². The number of nitrogens with one attached hydrogen (secondary N) is 1. The van der Waals surface area contributed by atoms with E-state index in [0.717, 1.165) is 53.7 Å². The number of carbonyl (C=O) groups excluding carboxylic acids is 1. The van der Waals surface area contributed by atoms with Gasteiger partial charge in [-0.3, -0.25) is 4.79 Å². The number of rotatable bonds is 11. The highest BCUT2D eigenvalue weighted by atomic mass is 35.5. The number of unbranched alkanes of at least 4 members (excludes halogenated alkanes) is 2. The molecule has 2 aromatic heterocycles. The van der Waals surface area contributed by atoms with Gasteiger partial charge in [-0.15, -0.1) is 0 Å². The summed E-state index contributed by atoms with van der Waals surface area (Å²) in [4.78, 5) is 16.4. The Labute approximate surface area is 216 Å². The molecule has 0 aliphatic heterocycles. The number of halogens is 1. The van der Waals surface area contributed by atoms with Gasteiger partial charge in [-0.05, 0) is 55.3 Å². The fourth-order valence-corrected chi connectivity index (χ4v) is 4.48. The molecule has 36 heavy (non-hydrogen) atoms. The maximum absolute atomic E-state index is 11.8. The molecule has 0 fully saturated rings. The van der Waals surface area contributed by atoms with Crippen LogP contribution in [-0.2, 0) is 11.3 Å². The van der Waals surface area contributed by atoms with E-state index in [2.05, 4.69) is 57.3 Å². The number of methoxy groups -OCH3 is 1. The second-order valence-electron chi connectivity index (χ2n) is 8.68. The van der Waals surface area contributed by atoms with Gasteiger partial charge in [-0.2, -0.15) is 4.57 Å². The molecule has 0 saturated heterocycles. The van der Waals surface area contributed by atoms with Gasteiger partial charge in [-0.25, -0.2) is 4.98 Å². The molecule has 0 bridgehead atoms. The Morgan fingerprint density at radius 1 is 1.06 bits per heavy atom. The van der Waals surface area contributed by atoms with E-state index in [0.29, 0.717) is 24.7 Å². The molecule has 4 rings (SSSR count). The van der Waals surface area contributed by atoms with E-state index in [4.69, 9.17) is 22.1 Å². The Morgan fingerprint density at radius 3 is 2.75 bits per heavy atom. The number of carbonyl (C=O) groups is 1. The largest absolute Gasteiger partial charge is 0.497 e. The lowest BCUT2D eigenvalue weighted by Gasteiger charge is -2.07. The Balaban J connectivity index is 1.54. The molecule has 2 heterocycles. The summed E-state index contributed by atoms with van der Waals surface area (Å²) < 4.78 is 7.68. The standard InChI is InChI=1S/C29H31ClN4O2/c1-36-25-14-15-26-23(20-25)19-22(29(30)33-26)11-13-24-12-10-21-7-4-5-8-27(21)34(24)18-6-2-3-9-28(35)32-17-16-31/h4-5,7-8,10-15,19-20H,2-3,6,9,16-18,31H2,1H3/p+1. The van der Waals surface area contributed by atoms with E-state index in [1.54, 1.807) is 7.11 Å². The molecule has 7 heteroatoms. The zero-order valence-corrected chi connectivity index (χ0v) is 21.3. The highest BCUT2D eigenvalue weighted by Crippen LogP contribution is 2.25. The summed E-state index contributed by atoms with van der Waals surface area (Å²) in [7, 11) is 1.65. The molecule has 2 aromatic carbocycles. The van der Waals surface area contributed by atoms with Crippen LogP contribution in [0.1, 0.15) is 36.9 Å². The smallest absolute Gasteiger partial charge is 0.220 e. The number of hydrogen-bond donors (Lipinski definition) is 2. The second-order valence-corrected chi connectivity index (χ2v) is 9.04. The summed E-state index contributed by atoms with van der Waals surface area (Å²) in [6.07, 6.45) is 7.43. The molecule has 0 unspecified atom stereocenters. The molecule has 0 aliphatic rings. The minimum absolute atomic E-state index is 0.0698. The molecule has 0 spiro atoms. The Kier molecular flexibility index (Phi) is 8.87. The number of benzene rings is 2. The number of fused-ring (bicyclic) bond motifs is 2. The van der Waals surface area contributed by atoms with Crippen molar-refractivity contribution in [1.29, 1.82) is 0 Å². The van der Waals surface area contributed by atoms with E-state index in [9.17, 15) is 4.79 Å². The van der Waals surface area contributed by atoms with Crippen molar-refractivity contribution in [2.75, 3.05) is 20.2 Å². The summed E-state index contributed by atoms with van der Waals surface area (Å²) in [5, 5.41) is 5.45. The van der Waals surface area contributed by atoms with Gasteiger partial charge in [0, 0.05) is 60.5 Å². The minimum atomic E-state index is 0.0698. The lowest BCUT2D eigenvalue weighted by atomic mass is 10.1. The third kappa shape index (κ3) is 6.39. The zero-order chi connectivity index (χ0) is 25.3. The average molecular weight is 504 g/mol. The summed E-state index contributed by atoms with van der Waals surface area (Å²) >= 11 is 6.51. The van der Waals surface area contributed by atoms with Crippen LogP contribution in [0.2, 0.25) is 5.15 Å². The number of aryl methyl sites for hydroxylation is 1. The van der Waals surface area contributed by atoms with Crippen molar-refractivity contribution in [3.05, 3.63) is 77.1 Å². The van der Waals surface area contributed by atoms with E-state index < -0.39 is 0 Å². The van der Waals surface area contributed by atoms with Crippen molar-refractivity contribution in [2.24, 2.45) is 5.73 Å². The third-order valence-electron chi connectivity index (χ3n) is 6.16. The number of nitrogens with two attached hydrogens (primary N) is 1. The van der Waals surface area contributed by atoms with Crippen LogP contribution in [0.3, 0.4) is 0 Å². The molecule has 4 aromatic rings. The number of nitrogens with zero attached hydrogens (tertiary/aromatic N) is 2. The first-order valence-corrected chi connectivity index (χ1v) is 12.7. The topological polar surface area (TPSA) is 81.1 Å². The second kappa shape index (κ2) is 12.5. The monoisotopic (exact) mass is 503 g/mol. The van der Waals surface area contributed by atoms with E-state index >= 15 is 0 Å². The maximum Gasteiger partial charge on any atom is 0.220 e. The van der Waals surface area contributed by atoms with Crippen LogP contribution >= 0.6 is 11.6 Å². The summed E-state index contributed by atoms with van der Waals surface area (Å²) in [6, 6.07) is 20.4. The van der Waals surface area contributed by atoms with Gasteiger partial charge < -0.3 is 15.8 Å².